The normalized spacial score (nSPS) is 18.5. The standard InChI is InChI=1S/C12H16N4OS2/c1-15(2)9-5-3-8(4-6-9)11-16(14-12(13)18)10(17)7-19-11/h3-6,11H,7H2,1-2H3,(H3,13,14,18). The number of nitrogens with one attached hydrogen (secondary N) is 1. The fourth-order valence-corrected chi connectivity index (χ4v) is 3.05. The van der Waals surface area contributed by atoms with Crippen LogP contribution in [0.15, 0.2) is 24.3 Å². The summed E-state index contributed by atoms with van der Waals surface area (Å²) in [6, 6.07) is 8.08. The molecule has 5 nitrogen and oxygen atoms in total. The van der Waals surface area contributed by atoms with E-state index in [0.29, 0.717) is 5.75 Å². The molecule has 1 unspecified atom stereocenters. The molecule has 102 valence electrons. The molecule has 0 bridgehead atoms. The van der Waals surface area contributed by atoms with Gasteiger partial charge in [-0.2, -0.15) is 0 Å². The number of benzene rings is 1. The van der Waals surface area contributed by atoms with Crippen molar-refractivity contribution in [3.8, 4) is 0 Å². The highest BCUT2D eigenvalue weighted by atomic mass is 32.2. The molecule has 0 spiro atoms. The zero-order chi connectivity index (χ0) is 14.0. The Morgan fingerprint density at radius 1 is 1.47 bits per heavy atom. The Hall–Kier alpha value is -1.47. The number of hydrogen-bond acceptors (Lipinski definition) is 4. The lowest BCUT2D eigenvalue weighted by Gasteiger charge is -2.25. The third-order valence-corrected chi connectivity index (χ3v) is 4.10. The van der Waals surface area contributed by atoms with Crippen molar-refractivity contribution in [2.45, 2.75) is 5.37 Å². The molecule has 1 fully saturated rings. The van der Waals surface area contributed by atoms with Crippen molar-refractivity contribution in [2.24, 2.45) is 5.73 Å². The van der Waals surface area contributed by atoms with E-state index in [1.54, 1.807) is 11.8 Å². The van der Waals surface area contributed by atoms with Crippen LogP contribution in [0.5, 0.6) is 0 Å². The van der Waals surface area contributed by atoms with Gasteiger partial charge in [0.15, 0.2) is 5.11 Å². The maximum absolute atomic E-state index is 11.8. The molecule has 1 heterocycles. The van der Waals surface area contributed by atoms with E-state index in [9.17, 15) is 4.79 Å². The average molecular weight is 296 g/mol. The van der Waals surface area contributed by atoms with E-state index in [0.717, 1.165) is 11.3 Å². The van der Waals surface area contributed by atoms with Gasteiger partial charge < -0.3 is 10.6 Å². The van der Waals surface area contributed by atoms with E-state index in [1.807, 2.05) is 43.3 Å². The number of thioether (sulfide) groups is 1. The minimum Gasteiger partial charge on any atom is -0.378 e. The van der Waals surface area contributed by atoms with Gasteiger partial charge in [-0.3, -0.25) is 10.2 Å². The lowest BCUT2D eigenvalue weighted by molar-refractivity contribution is -0.129. The molecule has 1 aliphatic rings. The first kappa shape index (κ1) is 14.0. The van der Waals surface area contributed by atoms with Crippen molar-refractivity contribution < 1.29 is 4.79 Å². The Balaban J connectivity index is 2.20. The summed E-state index contributed by atoms with van der Waals surface area (Å²) in [4.78, 5) is 13.8. The van der Waals surface area contributed by atoms with Crippen molar-refractivity contribution in [2.75, 3.05) is 24.7 Å². The van der Waals surface area contributed by atoms with E-state index in [4.69, 9.17) is 18.0 Å². The van der Waals surface area contributed by atoms with Crippen LogP contribution in [0.3, 0.4) is 0 Å². The third kappa shape index (κ3) is 3.10. The first-order chi connectivity index (χ1) is 8.99. The van der Waals surface area contributed by atoms with Gasteiger partial charge in [-0.25, -0.2) is 5.01 Å². The largest absolute Gasteiger partial charge is 0.378 e. The van der Waals surface area contributed by atoms with Gasteiger partial charge in [-0.1, -0.05) is 12.1 Å². The lowest BCUT2D eigenvalue weighted by atomic mass is 10.2. The van der Waals surface area contributed by atoms with E-state index in [-0.39, 0.29) is 16.4 Å². The topological polar surface area (TPSA) is 61.6 Å². The summed E-state index contributed by atoms with van der Waals surface area (Å²) in [5.74, 6) is 0.412. The summed E-state index contributed by atoms with van der Waals surface area (Å²) < 4.78 is 0. The van der Waals surface area contributed by atoms with Crippen LogP contribution in [0.25, 0.3) is 0 Å². The molecule has 19 heavy (non-hydrogen) atoms. The third-order valence-electron chi connectivity index (χ3n) is 2.79. The molecule has 0 saturated carbocycles. The molecule has 1 aromatic rings. The second kappa shape index (κ2) is 5.66. The number of thiocarbonyl (C=S) groups is 1. The number of carbonyl (C=O) groups excluding carboxylic acids is 1. The van der Waals surface area contributed by atoms with E-state index in [2.05, 4.69) is 5.43 Å². The first-order valence-corrected chi connectivity index (χ1v) is 7.22. The maximum Gasteiger partial charge on any atom is 0.252 e. The molecule has 2 rings (SSSR count). The van der Waals surface area contributed by atoms with Crippen molar-refractivity contribution in [3.05, 3.63) is 29.8 Å². The van der Waals surface area contributed by atoms with E-state index >= 15 is 0 Å². The van der Waals surface area contributed by atoms with Crippen LogP contribution in [0.2, 0.25) is 0 Å². The molecule has 1 aromatic carbocycles. The molecule has 7 heteroatoms. The van der Waals surface area contributed by atoms with Gasteiger partial charge >= 0.3 is 0 Å². The summed E-state index contributed by atoms with van der Waals surface area (Å²) in [5.41, 5.74) is 10.4. The van der Waals surface area contributed by atoms with Crippen molar-refractivity contribution in [1.82, 2.24) is 10.4 Å². The van der Waals surface area contributed by atoms with Crippen LogP contribution >= 0.6 is 24.0 Å². The van der Waals surface area contributed by atoms with Gasteiger partial charge in [0.1, 0.15) is 5.37 Å². The summed E-state index contributed by atoms with van der Waals surface area (Å²) in [6.07, 6.45) is 0. The highest BCUT2D eigenvalue weighted by Gasteiger charge is 2.33. The van der Waals surface area contributed by atoms with Crippen LogP contribution in [0.1, 0.15) is 10.9 Å². The molecular formula is C12H16N4OS2. The second-order valence-corrected chi connectivity index (χ2v) is 5.90. The van der Waals surface area contributed by atoms with Gasteiger partial charge in [0.05, 0.1) is 5.75 Å². The number of amides is 1. The Bertz CT molecular complexity index is 489. The minimum absolute atomic E-state index is 0.0144. The quantitative estimate of drug-likeness (QED) is 0.814. The van der Waals surface area contributed by atoms with Crippen molar-refractivity contribution in [3.63, 3.8) is 0 Å². The monoisotopic (exact) mass is 296 g/mol. The summed E-state index contributed by atoms with van der Waals surface area (Å²) in [6.45, 7) is 0. The Labute approximate surface area is 122 Å². The van der Waals surface area contributed by atoms with Crippen LogP contribution in [0, 0.1) is 0 Å². The molecule has 3 N–H and O–H groups in total. The van der Waals surface area contributed by atoms with Crippen LogP contribution < -0.4 is 16.1 Å². The van der Waals surface area contributed by atoms with Gasteiger partial charge in [0.2, 0.25) is 0 Å². The van der Waals surface area contributed by atoms with E-state index in [1.165, 1.54) is 5.01 Å². The van der Waals surface area contributed by atoms with Crippen LogP contribution in [-0.4, -0.2) is 35.9 Å². The molecule has 1 atom stereocenters. The SMILES string of the molecule is CN(C)c1ccc(C2SCC(=O)N2NC(N)=S)cc1. The van der Waals surface area contributed by atoms with Crippen LogP contribution in [-0.2, 0) is 4.79 Å². The Morgan fingerprint density at radius 3 is 2.63 bits per heavy atom. The molecule has 0 radical (unpaired) electrons. The van der Waals surface area contributed by atoms with Gasteiger partial charge in [0.25, 0.3) is 5.91 Å². The predicted octanol–water partition coefficient (Wildman–Crippen LogP) is 1.07. The smallest absolute Gasteiger partial charge is 0.252 e. The number of hydrazine groups is 1. The average Bonchev–Trinajstić information content (AvgIpc) is 2.71. The van der Waals surface area contributed by atoms with Crippen LogP contribution in [0.4, 0.5) is 5.69 Å². The number of carbonyl (C=O) groups is 1. The first-order valence-electron chi connectivity index (χ1n) is 5.76. The minimum atomic E-state index is -0.0924. The highest BCUT2D eigenvalue weighted by Crippen LogP contribution is 2.37. The number of nitrogens with zero attached hydrogens (tertiary/aromatic N) is 2. The molecule has 1 saturated heterocycles. The summed E-state index contributed by atoms with van der Waals surface area (Å²) >= 11 is 6.35. The Morgan fingerprint density at radius 2 is 2.11 bits per heavy atom. The molecule has 0 aromatic heterocycles. The fourth-order valence-electron chi connectivity index (χ4n) is 1.85. The zero-order valence-corrected chi connectivity index (χ0v) is 12.4. The van der Waals surface area contributed by atoms with Crippen molar-refractivity contribution in [1.29, 1.82) is 0 Å². The zero-order valence-electron chi connectivity index (χ0n) is 10.8. The van der Waals surface area contributed by atoms with E-state index < -0.39 is 0 Å². The molecule has 0 aliphatic carbocycles. The predicted molar refractivity (Wildman–Crippen MR) is 82.7 cm³/mol. The highest BCUT2D eigenvalue weighted by molar-refractivity contribution is 8.00. The molecular weight excluding hydrogens is 280 g/mol. The van der Waals surface area contributed by atoms with Gasteiger partial charge in [0, 0.05) is 19.8 Å². The number of nitrogens with two attached hydrogens (primary N) is 1. The summed E-state index contributed by atoms with van der Waals surface area (Å²) in [5, 5.41) is 1.51. The summed E-state index contributed by atoms with van der Waals surface area (Å²) in [7, 11) is 3.98. The lowest BCUT2D eigenvalue weighted by Crippen LogP contribution is -2.46. The van der Waals surface area contributed by atoms with Gasteiger partial charge in [-0.05, 0) is 29.9 Å². The Kier molecular flexibility index (Phi) is 4.16. The number of rotatable bonds is 3. The fraction of sp³-hybridized carbons (Fsp3) is 0.333. The number of hydrogen-bond donors (Lipinski definition) is 2. The second-order valence-electron chi connectivity index (χ2n) is 4.39. The maximum atomic E-state index is 11.8. The number of anilines is 1. The van der Waals surface area contributed by atoms with Gasteiger partial charge in [-0.15, -0.1) is 11.8 Å². The molecule has 1 aliphatic heterocycles. The van der Waals surface area contributed by atoms with Crippen molar-refractivity contribution >= 4 is 40.7 Å². The molecule has 1 amide bonds.